The second-order valence-electron chi connectivity index (χ2n) is 4.78. The van der Waals surface area contributed by atoms with Crippen molar-refractivity contribution in [2.45, 2.75) is 38.3 Å². The van der Waals surface area contributed by atoms with Gasteiger partial charge in [-0.1, -0.05) is 11.6 Å². The quantitative estimate of drug-likeness (QED) is 0.739. The molecule has 6 nitrogen and oxygen atoms in total. The summed E-state index contributed by atoms with van der Waals surface area (Å²) in [5, 5.41) is 8.03. The zero-order chi connectivity index (χ0) is 13.0. The van der Waals surface area contributed by atoms with Gasteiger partial charge in [-0.3, -0.25) is 14.4 Å². The van der Waals surface area contributed by atoms with Crippen LogP contribution in [0.1, 0.15) is 31.4 Å². The van der Waals surface area contributed by atoms with E-state index in [4.69, 9.17) is 4.74 Å². The Morgan fingerprint density at radius 3 is 3.06 bits per heavy atom. The third-order valence-electron chi connectivity index (χ3n) is 3.39. The summed E-state index contributed by atoms with van der Waals surface area (Å²) in [6.45, 7) is 1.77. The molecule has 1 aliphatic heterocycles. The summed E-state index contributed by atoms with van der Waals surface area (Å²) < 4.78 is 6.46. The molecule has 1 fully saturated rings. The molecule has 1 aromatic rings. The van der Waals surface area contributed by atoms with E-state index in [1.54, 1.807) is 4.68 Å². The van der Waals surface area contributed by atoms with Gasteiger partial charge in [0, 0.05) is 25.8 Å². The molecule has 0 radical (unpaired) electrons. The zero-order valence-electron chi connectivity index (χ0n) is 11.0. The van der Waals surface area contributed by atoms with Crippen molar-refractivity contribution in [2.24, 2.45) is 7.05 Å². The summed E-state index contributed by atoms with van der Waals surface area (Å²) in [5.41, 5.74) is 0.953. The van der Waals surface area contributed by atoms with Gasteiger partial charge in [-0.05, 0) is 19.4 Å². The van der Waals surface area contributed by atoms with Crippen LogP contribution >= 0.6 is 0 Å². The van der Waals surface area contributed by atoms with Crippen molar-refractivity contribution in [1.29, 1.82) is 0 Å². The molecule has 2 heterocycles. The SMILES string of the molecule is COC(=O)CC1CCCCN1Cc1cn(C)nn1. The minimum atomic E-state index is -0.133. The first-order valence-corrected chi connectivity index (χ1v) is 6.35. The average Bonchev–Trinajstić information content (AvgIpc) is 2.77. The molecule has 18 heavy (non-hydrogen) atoms. The standard InChI is InChI=1S/C12H20N4O2/c1-15-8-10(13-14-15)9-16-6-4-3-5-11(16)7-12(17)18-2/h8,11H,3-7,9H2,1-2H3. The number of hydrogen-bond acceptors (Lipinski definition) is 5. The maximum absolute atomic E-state index is 11.4. The number of ether oxygens (including phenoxy) is 1. The van der Waals surface area contributed by atoms with Crippen LogP contribution in [0.4, 0.5) is 0 Å². The van der Waals surface area contributed by atoms with Crippen LogP contribution in [0.5, 0.6) is 0 Å². The van der Waals surface area contributed by atoms with Gasteiger partial charge in [-0.25, -0.2) is 0 Å². The monoisotopic (exact) mass is 252 g/mol. The number of rotatable bonds is 4. The molecule has 1 unspecified atom stereocenters. The molecule has 1 atom stereocenters. The Hall–Kier alpha value is -1.43. The highest BCUT2D eigenvalue weighted by atomic mass is 16.5. The van der Waals surface area contributed by atoms with Crippen LogP contribution in [0.25, 0.3) is 0 Å². The van der Waals surface area contributed by atoms with Crippen molar-refractivity contribution in [3.05, 3.63) is 11.9 Å². The Bertz CT molecular complexity index is 405. The minimum absolute atomic E-state index is 0.133. The van der Waals surface area contributed by atoms with Crippen LogP contribution in [0.2, 0.25) is 0 Å². The van der Waals surface area contributed by atoms with Crippen molar-refractivity contribution < 1.29 is 9.53 Å². The van der Waals surface area contributed by atoms with Crippen molar-refractivity contribution in [2.75, 3.05) is 13.7 Å². The number of carbonyl (C=O) groups excluding carboxylic acids is 1. The fraction of sp³-hybridized carbons (Fsp3) is 0.750. The fourth-order valence-corrected chi connectivity index (χ4v) is 2.45. The Labute approximate surface area is 107 Å². The van der Waals surface area contributed by atoms with Crippen LogP contribution in [0.3, 0.4) is 0 Å². The number of piperidine rings is 1. The highest BCUT2D eigenvalue weighted by Crippen LogP contribution is 2.21. The lowest BCUT2D eigenvalue weighted by Gasteiger charge is -2.34. The lowest BCUT2D eigenvalue weighted by molar-refractivity contribution is -0.142. The molecule has 0 aromatic carbocycles. The van der Waals surface area contributed by atoms with Gasteiger partial charge >= 0.3 is 5.97 Å². The van der Waals surface area contributed by atoms with Crippen molar-refractivity contribution in [3.63, 3.8) is 0 Å². The Kier molecular flexibility index (Phi) is 4.30. The Morgan fingerprint density at radius 2 is 2.39 bits per heavy atom. The minimum Gasteiger partial charge on any atom is -0.469 e. The van der Waals surface area contributed by atoms with E-state index in [-0.39, 0.29) is 12.0 Å². The van der Waals surface area contributed by atoms with Crippen LogP contribution in [-0.2, 0) is 23.1 Å². The van der Waals surface area contributed by atoms with E-state index in [0.717, 1.165) is 25.2 Å². The third kappa shape index (κ3) is 3.29. The topological polar surface area (TPSA) is 60.2 Å². The number of likely N-dealkylation sites (tertiary alicyclic amines) is 1. The largest absolute Gasteiger partial charge is 0.469 e. The second kappa shape index (κ2) is 5.95. The van der Waals surface area contributed by atoms with Gasteiger partial charge in [-0.2, -0.15) is 0 Å². The maximum Gasteiger partial charge on any atom is 0.307 e. The molecule has 6 heteroatoms. The van der Waals surface area contributed by atoms with Crippen LogP contribution in [0.15, 0.2) is 6.20 Å². The Balaban J connectivity index is 1.96. The van der Waals surface area contributed by atoms with Gasteiger partial charge in [0.15, 0.2) is 0 Å². The third-order valence-corrected chi connectivity index (χ3v) is 3.39. The zero-order valence-corrected chi connectivity index (χ0v) is 11.0. The first-order valence-electron chi connectivity index (χ1n) is 6.35. The second-order valence-corrected chi connectivity index (χ2v) is 4.78. The predicted octanol–water partition coefficient (Wildman–Crippen LogP) is 0.733. The number of carbonyl (C=O) groups is 1. The molecule has 1 saturated heterocycles. The number of hydrogen-bond donors (Lipinski definition) is 0. The highest BCUT2D eigenvalue weighted by molar-refractivity contribution is 5.69. The van der Waals surface area contributed by atoms with Gasteiger partial charge < -0.3 is 4.74 Å². The smallest absolute Gasteiger partial charge is 0.307 e. The first-order chi connectivity index (χ1) is 8.69. The van der Waals surface area contributed by atoms with Crippen LogP contribution in [-0.4, -0.2) is 45.6 Å². The molecule has 0 saturated carbocycles. The van der Waals surface area contributed by atoms with Gasteiger partial charge in [0.1, 0.15) is 0 Å². The van der Waals surface area contributed by atoms with Gasteiger partial charge in [0.05, 0.1) is 19.2 Å². The number of aryl methyl sites for hydroxylation is 1. The molecule has 1 aliphatic rings. The molecule has 0 aliphatic carbocycles. The number of methoxy groups -OCH3 is 1. The van der Waals surface area contributed by atoms with E-state index < -0.39 is 0 Å². The lowest BCUT2D eigenvalue weighted by Crippen LogP contribution is -2.40. The van der Waals surface area contributed by atoms with Crippen LogP contribution in [0, 0.1) is 0 Å². The normalized spacial score (nSPS) is 20.9. The summed E-state index contributed by atoms with van der Waals surface area (Å²) in [5.74, 6) is -0.133. The summed E-state index contributed by atoms with van der Waals surface area (Å²) in [6.07, 6.45) is 5.80. The molecule has 0 N–H and O–H groups in total. The van der Waals surface area contributed by atoms with E-state index in [0.29, 0.717) is 6.42 Å². The number of esters is 1. The van der Waals surface area contributed by atoms with E-state index in [1.807, 2.05) is 13.2 Å². The molecule has 1 aromatic heterocycles. The summed E-state index contributed by atoms with van der Waals surface area (Å²) in [7, 11) is 3.30. The first kappa shape index (κ1) is 13.0. The summed E-state index contributed by atoms with van der Waals surface area (Å²) in [6, 6.07) is 0.271. The average molecular weight is 252 g/mol. The molecule has 100 valence electrons. The van der Waals surface area contributed by atoms with E-state index in [1.165, 1.54) is 20.0 Å². The van der Waals surface area contributed by atoms with E-state index in [2.05, 4.69) is 15.2 Å². The Morgan fingerprint density at radius 1 is 1.56 bits per heavy atom. The van der Waals surface area contributed by atoms with E-state index >= 15 is 0 Å². The van der Waals surface area contributed by atoms with Crippen LogP contribution < -0.4 is 0 Å². The predicted molar refractivity (Wildman–Crippen MR) is 65.7 cm³/mol. The molecule has 0 amide bonds. The summed E-state index contributed by atoms with van der Waals surface area (Å²) in [4.78, 5) is 13.7. The van der Waals surface area contributed by atoms with Gasteiger partial charge in [-0.15, -0.1) is 5.10 Å². The number of nitrogens with zero attached hydrogens (tertiary/aromatic N) is 4. The molecular formula is C12H20N4O2. The number of aromatic nitrogens is 3. The van der Waals surface area contributed by atoms with Gasteiger partial charge in [0.2, 0.25) is 0 Å². The molecular weight excluding hydrogens is 232 g/mol. The maximum atomic E-state index is 11.4. The van der Waals surface area contributed by atoms with E-state index in [9.17, 15) is 4.79 Å². The van der Waals surface area contributed by atoms with Gasteiger partial charge in [0.25, 0.3) is 0 Å². The molecule has 2 rings (SSSR count). The summed E-state index contributed by atoms with van der Waals surface area (Å²) >= 11 is 0. The lowest BCUT2D eigenvalue weighted by atomic mass is 9.99. The fourth-order valence-electron chi connectivity index (χ4n) is 2.45. The van der Waals surface area contributed by atoms with Crippen molar-refractivity contribution in [3.8, 4) is 0 Å². The van der Waals surface area contributed by atoms with Crippen molar-refractivity contribution in [1.82, 2.24) is 19.9 Å². The molecule has 0 bridgehead atoms. The van der Waals surface area contributed by atoms with Crippen molar-refractivity contribution >= 4 is 5.97 Å². The molecule has 0 spiro atoms. The highest BCUT2D eigenvalue weighted by Gasteiger charge is 2.25.